The van der Waals surface area contributed by atoms with Crippen molar-refractivity contribution in [2.45, 2.75) is 18.8 Å². The molecule has 0 aliphatic carbocycles. The second-order valence-electron chi connectivity index (χ2n) is 8.05. The van der Waals surface area contributed by atoms with Crippen molar-refractivity contribution >= 4 is 22.5 Å². The lowest BCUT2D eigenvalue weighted by atomic mass is 9.99. The number of fused-ring (bicyclic) bond motifs is 1. The highest BCUT2D eigenvalue weighted by Gasteiger charge is 2.39. The van der Waals surface area contributed by atoms with E-state index < -0.39 is 30.5 Å². The quantitative estimate of drug-likeness (QED) is 0.478. The van der Waals surface area contributed by atoms with Gasteiger partial charge in [0, 0.05) is 42.8 Å². The summed E-state index contributed by atoms with van der Waals surface area (Å²) in [6.07, 6.45) is -5.69. The van der Waals surface area contributed by atoms with Gasteiger partial charge in [0.05, 0.1) is 24.8 Å². The third kappa shape index (κ3) is 5.79. The predicted molar refractivity (Wildman–Crippen MR) is 111 cm³/mol. The van der Waals surface area contributed by atoms with Crippen molar-refractivity contribution in [1.29, 1.82) is 0 Å². The minimum absolute atomic E-state index is 0.0425. The number of aromatic amines is 1. The standard InChI is InChI=1S/C22H20F6N4O2/c23-21(24,25)12-32-10-14(11-32)20(33)31-18-9-29-17-3-2-15(7-16(17)18)34-6-5-13-1-4-19(30-8-13)22(26,27)28/h1-4,7-9,14,29H,5-6,10-12H2,(H,31,33). The van der Waals surface area contributed by atoms with Gasteiger partial charge in [0.15, 0.2) is 0 Å². The van der Waals surface area contributed by atoms with Crippen LogP contribution in [0, 0.1) is 5.92 Å². The van der Waals surface area contributed by atoms with E-state index in [9.17, 15) is 31.1 Å². The Bertz CT molecular complexity index is 1150. The molecule has 0 saturated carbocycles. The van der Waals surface area contributed by atoms with Gasteiger partial charge in [-0.25, -0.2) is 0 Å². The number of alkyl halides is 6. The summed E-state index contributed by atoms with van der Waals surface area (Å²) in [7, 11) is 0. The highest BCUT2D eigenvalue weighted by atomic mass is 19.4. The molecule has 0 bridgehead atoms. The summed E-state index contributed by atoms with van der Waals surface area (Å²) in [6, 6.07) is 7.41. The van der Waals surface area contributed by atoms with Gasteiger partial charge in [0.2, 0.25) is 5.91 Å². The van der Waals surface area contributed by atoms with Crippen molar-refractivity contribution < 1.29 is 35.9 Å². The maximum atomic E-state index is 12.6. The first-order chi connectivity index (χ1) is 16.0. The second-order valence-corrected chi connectivity index (χ2v) is 8.05. The molecule has 182 valence electrons. The van der Waals surface area contributed by atoms with Crippen LogP contribution in [0.5, 0.6) is 5.75 Å². The summed E-state index contributed by atoms with van der Waals surface area (Å²) in [5.41, 5.74) is 0.830. The first-order valence-corrected chi connectivity index (χ1v) is 10.3. The molecule has 1 saturated heterocycles. The Balaban J connectivity index is 1.32. The summed E-state index contributed by atoms with van der Waals surface area (Å²) in [4.78, 5) is 20.0. The maximum Gasteiger partial charge on any atom is 0.433 e. The Kier molecular flexibility index (Phi) is 6.43. The number of hydrogen-bond acceptors (Lipinski definition) is 4. The van der Waals surface area contributed by atoms with Crippen LogP contribution in [-0.2, 0) is 17.4 Å². The van der Waals surface area contributed by atoms with Gasteiger partial charge in [0.1, 0.15) is 11.4 Å². The van der Waals surface area contributed by atoms with Crippen LogP contribution in [-0.4, -0.2) is 53.2 Å². The molecule has 4 rings (SSSR count). The Hall–Kier alpha value is -3.28. The summed E-state index contributed by atoms with van der Waals surface area (Å²) in [5, 5.41) is 3.40. The van der Waals surface area contributed by atoms with E-state index in [4.69, 9.17) is 4.74 Å². The van der Waals surface area contributed by atoms with Crippen LogP contribution in [0.4, 0.5) is 32.0 Å². The van der Waals surface area contributed by atoms with Crippen molar-refractivity contribution in [2.75, 3.05) is 31.6 Å². The highest BCUT2D eigenvalue weighted by molar-refractivity contribution is 6.03. The van der Waals surface area contributed by atoms with Crippen molar-refractivity contribution in [3.63, 3.8) is 0 Å². The molecule has 0 unspecified atom stereocenters. The smallest absolute Gasteiger partial charge is 0.433 e. The van der Waals surface area contributed by atoms with E-state index in [0.29, 0.717) is 28.8 Å². The minimum atomic E-state index is -4.49. The number of ether oxygens (including phenoxy) is 1. The van der Waals surface area contributed by atoms with Gasteiger partial charge >= 0.3 is 12.4 Å². The number of aromatic nitrogens is 2. The van der Waals surface area contributed by atoms with E-state index >= 15 is 0 Å². The molecule has 6 nitrogen and oxygen atoms in total. The van der Waals surface area contributed by atoms with Gasteiger partial charge in [-0.05, 0) is 29.8 Å². The zero-order valence-corrected chi connectivity index (χ0v) is 17.6. The predicted octanol–water partition coefficient (Wildman–Crippen LogP) is 4.64. The monoisotopic (exact) mass is 486 g/mol. The second kappa shape index (κ2) is 9.16. The van der Waals surface area contributed by atoms with Gasteiger partial charge in [0.25, 0.3) is 0 Å². The molecular weight excluding hydrogens is 466 g/mol. The lowest BCUT2D eigenvalue weighted by Crippen LogP contribution is -2.54. The number of H-pyrrole nitrogens is 1. The molecule has 3 aromatic rings. The summed E-state index contributed by atoms with van der Waals surface area (Å²) < 4.78 is 80.7. The molecule has 12 heteroatoms. The van der Waals surface area contributed by atoms with Gasteiger partial charge in [-0.2, -0.15) is 26.3 Å². The first kappa shape index (κ1) is 23.9. The number of hydrogen-bond donors (Lipinski definition) is 2. The Morgan fingerprint density at radius 3 is 2.56 bits per heavy atom. The average molecular weight is 486 g/mol. The number of carbonyl (C=O) groups excluding carboxylic acids is 1. The van der Waals surface area contributed by atoms with Crippen LogP contribution >= 0.6 is 0 Å². The van der Waals surface area contributed by atoms with Crippen LogP contribution in [0.1, 0.15) is 11.3 Å². The van der Waals surface area contributed by atoms with Crippen molar-refractivity contribution in [1.82, 2.24) is 14.9 Å². The van der Waals surface area contributed by atoms with Gasteiger partial charge in [-0.15, -0.1) is 0 Å². The fourth-order valence-electron chi connectivity index (χ4n) is 3.67. The molecule has 1 amide bonds. The van der Waals surface area contributed by atoms with Crippen LogP contribution in [0.3, 0.4) is 0 Å². The highest BCUT2D eigenvalue weighted by Crippen LogP contribution is 2.30. The largest absolute Gasteiger partial charge is 0.493 e. The molecule has 34 heavy (non-hydrogen) atoms. The van der Waals surface area contributed by atoms with Crippen LogP contribution in [0.25, 0.3) is 10.9 Å². The van der Waals surface area contributed by atoms with Crippen molar-refractivity contribution in [3.05, 3.63) is 54.0 Å². The van der Waals surface area contributed by atoms with Crippen LogP contribution in [0.2, 0.25) is 0 Å². The lowest BCUT2D eigenvalue weighted by Gasteiger charge is -2.38. The molecule has 3 heterocycles. The number of anilines is 1. The number of carbonyl (C=O) groups is 1. The van der Waals surface area contributed by atoms with E-state index in [1.165, 1.54) is 6.07 Å². The van der Waals surface area contributed by atoms with Crippen molar-refractivity contribution in [2.24, 2.45) is 5.92 Å². The number of likely N-dealkylation sites (tertiary alicyclic amines) is 1. The van der Waals surface area contributed by atoms with Gasteiger partial charge in [-0.1, -0.05) is 6.07 Å². The number of amides is 1. The number of nitrogens with one attached hydrogen (secondary N) is 2. The SMILES string of the molecule is O=C(Nc1c[nH]c2ccc(OCCc3ccc(C(F)(F)F)nc3)cc12)C1CN(CC(F)(F)F)C1. The molecule has 0 radical (unpaired) electrons. The average Bonchev–Trinajstić information content (AvgIpc) is 3.11. The van der Waals surface area contributed by atoms with Gasteiger partial charge in [-0.3, -0.25) is 14.7 Å². The molecule has 1 aliphatic rings. The first-order valence-electron chi connectivity index (χ1n) is 10.3. The van der Waals surface area contributed by atoms with Crippen molar-refractivity contribution in [3.8, 4) is 5.75 Å². The molecule has 2 aromatic heterocycles. The number of halogens is 6. The zero-order valence-electron chi connectivity index (χ0n) is 17.6. The van der Waals surface area contributed by atoms with Gasteiger partial charge < -0.3 is 15.0 Å². The number of benzene rings is 1. The summed E-state index contributed by atoms with van der Waals surface area (Å²) in [5.74, 6) is -0.396. The van der Waals surface area contributed by atoms with E-state index in [1.54, 1.807) is 24.4 Å². The molecular formula is C22H20F6N4O2. The Morgan fingerprint density at radius 1 is 1.15 bits per heavy atom. The summed E-state index contributed by atoms with van der Waals surface area (Å²) in [6.45, 7) is -0.753. The normalized spacial score (nSPS) is 15.4. The van der Waals surface area contributed by atoms with Crippen LogP contribution < -0.4 is 10.1 Å². The molecule has 0 atom stereocenters. The Morgan fingerprint density at radius 2 is 1.91 bits per heavy atom. The fourth-order valence-corrected chi connectivity index (χ4v) is 3.67. The summed E-state index contributed by atoms with van der Waals surface area (Å²) >= 11 is 0. The topological polar surface area (TPSA) is 70.2 Å². The van der Waals surface area contributed by atoms with E-state index in [-0.39, 0.29) is 25.6 Å². The zero-order chi connectivity index (χ0) is 24.5. The van der Waals surface area contributed by atoms with E-state index in [2.05, 4.69) is 15.3 Å². The number of pyridine rings is 1. The maximum absolute atomic E-state index is 12.6. The van der Waals surface area contributed by atoms with Crippen LogP contribution in [0.15, 0.2) is 42.7 Å². The lowest BCUT2D eigenvalue weighted by molar-refractivity contribution is -0.162. The van der Waals surface area contributed by atoms with E-state index in [0.717, 1.165) is 22.7 Å². The minimum Gasteiger partial charge on any atom is -0.493 e. The number of nitrogens with zero attached hydrogens (tertiary/aromatic N) is 2. The Labute approximate surface area is 189 Å². The number of rotatable bonds is 7. The molecule has 1 aliphatic heterocycles. The third-order valence-electron chi connectivity index (χ3n) is 5.42. The van der Waals surface area contributed by atoms with E-state index in [1.807, 2.05) is 0 Å². The molecule has 0 spiro atoms. The molecule has 1 fully saturated rings. The molecule has 1 aromatic carbocycles. The third-order valence-corrected chi connectivity index (χ3v) is 5.42. The fraction of sp³-hybridized carbons (Fsp3) is 0.364. The molecule has 2 N–H and O–H groups in total.